The monoisotopic (exact) mass is 259 g/mol. The van der Waals surface area contributed by atoms with Gasteiger partial charge in [-0.05, 0) is 18.1 Å². The third-order valence-electron chi connectivity index (χ3n) is 2.88. The number of anilines is 1. The fourth-order valence-corrected chi connectivity index (χ4v) is 2.13. The molecule has 0 fully saturated rings. The Balaban J connectivity index is 2.44. The van der Waals surface area contributed by atoms with Crippen molar-refractivity contribution < 1.29 is 23.1 Å². The fraction of sp³-hybridized carbons (Fsp3) is 0.417. The van der Waals surface area contributed by atoms with Crippen molar-refractivity contribution in [1.29, 1.82) is 0 Å². The van der Waals surface area contributed by atoms with E-state index in [1.807, 2.05) is 0 Å². The molecule has 2 rings (SSSR count). The van der Waals surface area contributed by atoms with Crippen LogP contribution in [0.25, 0.3) is 0 Å². The predicted octanol–water partition coefficient (Wildman–Crippen LogP) is 1.98. The number of hydrogen-bond donors (Lipinski definition) is 1. The van der Waals surface area contributed by atoms with Crippen LogP contribution >= 0.6 is 0 Å². The average molecular weight is 259 g/mol. The third kappa shape index (κ3) is 2.20. The van der Waals surface area contributed by atoms with E-state index in [4.69, 9.17) is 5.11 Å². The van der Waals surface area contributed by atoms with Crippen LogP contribution in [0, 0.1) is 0 Å². The Bertz CT molecular complexity index is 471. The topological polar surface area (TPSA) is 40.5 Å². The molecule has 1 N–H and O–H groups in total. The summed E-state index contributed by atoms with van der Waals surface area (Å²) in [5.41, 5.74) is -0.444. The molecule has 6 heteroatoms. The number of fused-ring (bicyclic) bond motifs is 1. The van der Waals surface area contributed by atoms with E-state index >= 15 is 0 Å². The Morgan fingerprint density at radius 2 is 2.06 bits per heavy atom. The van der Waals surface area contributed by atoms with Gasteiger partial charge in [-0.1, -0.05) is 12.1 Å². The minimum absolute atomic E-state index is 0.00924. The van der Waals surface area contributed by atoms with E-state index in [1.165, 1.54) is 12.1 Å². The summed E-state index contributed by atoms with van der Waals surface area (Å²) in [4.78, 5) is 12.8. The maximum Gasteiger partial charge on any atom is 0.418 e. The molecule has 98 valence electrons. The molecular weight excluding hydrogens is 247 g/mol. The van der Waals surface area contributed by atoms with Gasteiger partial charge in [0.15, 0.2) is 0 Å². The zero-order valence-electron chi connectivity index (χ0n) is 9.50. The molecule has 1 aliphatic rings. The summed E-state index contributed by atoms with van der Waals surface area (Å²) in [6.45, 7) is -0.0529. The first-order chi connectivity index (χ1) is 8.45. The Hall–Kier alpha value is -1.56. The second-order valence-corrected chi connectivity index (χ2v) is 4.11. The van der Waals surface area contributed by atoms with Gasteiger partial charge in [0.25, 0.3) is 0 Å². The number of carbonyl (C=O) groups is 1. The zero-order chi connectivity index (χ0) is 13.3. The van der Waals surface area contributed by atoms with Crippen LogP contribution in [0.15, 0.2) is 18.2 Å². The van der Waals surface area contributed by atoms with Gasteiger partial charge in [-0.15, -0.1) is 0 Å². The van der Waals surface area contributed by atoms with Crippen molar-refractivity contribution in [3.8, 4) is 0 Å². The van der Waals surface area contributed by atoms with E-state index in [0.29, 0.717) is 5.56 Å². The van der Waals surface area contributed by atoms with Gasteiger partial charge >= 0.3 is 6.18 Å². The third-order valence-corrected chi connectivity index (χ3v) is 2.88. The summed E-state index contributed by atoms with van der Waals surface area (Å²) >= 11 is 0. The number of aliphatic hydroxyl groups excluding tert-OH is 1. The predicted molar refractivity (Wildman–Crippen MR) is 59.2 cm³/mol. The Morgan fingerprint density at radius 3 is 2.67 bits per heavy atom. The van der Waals surface area contributed by atoms with Gasteiger partial charge in [-0.2, -0.15) is 13.2 Å². The molecule has 1 amide bonds. The lowest BCUT2D eigenvalue weighted by molar-refractivity contribution is -0.137. The highest BCUT2D eigenvalue weighted by Gasteiger charge is 2.39. The lowest BCUT2D eigenvalue weighted by atomic mass is 10.1. The number of aliphatic hydroxyl groups is 1. The minimum atomic E-state index is -4.48. The van der Waals surface area contributed by atoms with Crippen LogP contribution in [-0.2, 0) is 17.4 Å². The Kier molecular flexibility index (Phi) is 3.30. The summed E-state index contributed by atoms with van der Waals surface area (Å²) in [6, 6.07) is 3.81. The molecule has 1 heterocycles. The SMILES string of the molecule is O=C1Cc2cccc(C(F)(F)F)c2N1CCCO. The first kappa shape index (κ1) is 12.9. The lowest BCUT2D eigenvalue weighted by Crippen LogP contribution is -2.30. The largest absolute Gasteiger partial charge is 0.418 e. The molecule has 0 aromatic heterocycles. The van der Waals surface area contributed by atoms with E-state index < -0.39 is 11.7 Å². The number of para-hydroxylation sites is 1. The molecule has 0 aliphatic carbocycles. The van der Waals surface area contributed by atoms with Crippen LogP contribution in [0.4, 0.5) is 18.9 Å². The normalized spacial score (nSPS) is 15.1. The molecule has 0 atom stereocenters. The number of rotatable bonds is 3. The average Bonchev–Trinajstić information content (AvgIpc) is 2.60. The quantitative estimate of drug-likeness (QED) is 0.901. The Labute approximate surface area is 102 Å². The molecule has 0 saturated carbocycles. The van der Waals surface area contributed by atoms with E-state index in [1.54, 1.807) is 0 Å². The summed E-state index contributed by atoms with van der Waals surface area (Å²) in [6.07, 6.45) is -4.23. The van der Waals surface area contributed by atoms with Crippen molar-refractivity contribution in [3.63, 3.8) is 0 Å². The maximum atomic E-state index is 12.9. The van der Waals surface area contributed by atoms with E-state index in [2.05, 4.69) is 0 Å². The van der Waals surface area contributed by atoms with Crippen LogP contribution < -0.4 is 4.90 Å². The number of alkyl halides is 3. The fourth-order valence-electron chi connectivity index (χ4n) is 2.13. The van der Waals surface area contributed by atoms with Gasteiger partial charge in [0.2, 0.25) is 5.91 Å². The van der Waals surface area contributed by atoms with Gasteiger partial charge in [0.05, 0.1) is 17.7 Å². The van der Waals surface area contributed by atoms with Gasteiger partial charge in [0.1, 0.15) is 0 Å². The number of halogens is 3. The van der Waals surface area contributed by atoms with Crippen LogP contribution in [0.1, 0.15) is 17.5 Å². The second kappa shape index (κ2) is 4.61. The molecule has 1 aromatic carbocycles. The zero-order valence-corrected chi connectivity index (χ0v) is 9.50. The number of hydrogen-bond acceptors (Lipinski definition) is 2. The number of benzene rings is 1. The summed E-state index contributed by atoms with van der Waals surface area (Å²) < 4.78 is 38.6. The highest BCUT2D eigenvalue weighted by Crippen LogP contribution is 2.41. The summed E-state index contributed by atoms with van der Waals surface area (Å²) in [7, 11) is 0. The van der Waals surface area contributed by atoms with E-state index in [-0.39, 0.29) is 37.6 Å². The van der Waals surface area contributed by atoms with Crippen molar-refractivity contribution >= 4 is 11.6 Å². The molecule has 0 saturated heterocycles. The highest BCUT2D eigenvalue weighted by molar-refractivity contribution is 6.02. The van der Waals surface area contributed by atoms with Crippen LogP contribution in [-0.4, -0.2) is 24.2 Å². The summed E-state index contributed by atoms with van der Waals surface area (Å²) in [5.74, 6) is -0.352. The van der Waals surface area contributed by atoms with Crippen LogP contribution in [0.5, 0.6) is 0 Å². The number of carbonyl (C=O) groups excluding carboxylic acids is 1. The molecule has 18 heavy (non-hydrogen) atoms. The molecule has 0 unspecified atom stereocenters. The highest BCUT2D eigenvalue weighted by atomic mass is 19.4. The van der Waals surface area contributed by atoms with E-state index in [9.17, 15) is 18.0 Å². The molecular formula is C12H12F3NO2. The Morgan fingerprint density at radius 1 is 1.33 bits per heavy atom. The van der Waals surface area contributed by atoms with Crippen LogP contribution in [0.3, 0.4) is 0 Å². The molecule has 1 aromatic rings. The minimum Gasteiger partial charge on any atom is -0.396 e. The van der Waals surface area contributed by atoms with Gasteiger partial charge < -0.3 is 10.0 Å². The number of amides is 1. The van der Waals surface area contributed by atoms with Crippen molar-refractivity contribution in [2.75, 3.05) is 18.1 Å². The van der Waals surface area contributed by atoms with Crippen LogP contribution in [0.2, 0.25) is 0 Å². The smallest absolute Gasteiger partial charge is 0.396 e. The molecule has 1 aliphatic heterocycles. The van der Waals surface area contributed by atoms with Gasteiger partial charge in [0, 0.05) is 13.2 Å². The van der Waals surface area contributed by atoms with Gasteiger partial charge in [-0.3, -0.25) is 4.79 Å². The van der Waals surface area contributed by atoms with Gasteiger partial charge in [-0.25, -0.2) is 0 Å². The first-order valence-electron chi connectivity index (χ1n) is 5.55. The molecule has 0 radical (unpaired) electrons. The second-order valence-electron chi connectivity index (χ2n) is 4.11. The van der Waals surface area contributed by atoms with Crippen molar-refractivity contribution in [2.24, 2.45) is 0 Å². The molecule has 0 spiro atoms. The first-order valence-corrected chi connectivity index (χ1v) is 5.55. The maximum absolute atomic E-state index is 12.9. The van der Waals surface area contributed by atoms with Crippen molar-refractivity contribution in [2.45, 2.75) is 19.0 Å². The van der Waals surface area contributed by atoms with Crippen molar-refractivity contribution in [3.05, 3.63) is 29.3 Å². The lowest BCUT2D eigenvalue weighted by Gasteiger charge is -2.21. The van der Waals surface area contributed by atoms with E-state index in [0.717, 1.165) is 11.0 Å². The van der Waals surface area contributed by atoms with Crippen molar-refractivity contribution in [1.82, 2.24) is 0 Å². The standard InChI is InChI=1S/C12H12F3NO2/c13-12(14,15)9-4-1-3-8-7-10(18)16(11(8)9)5-2-6-17/h1,3-4,17H,2,5-7H2. The number of nitrogens with zero attached hydrogens (tertiary/aromatic N) is 1. The molecule has 3 nitrogen and oxygen atoms in total. The molecule has 0 bridgehead atoms. The summed E-state index contributed by atoms with van der Waals surface area (Å²) in [5, 5.41) is 8.73.